The van der Waals surface area contributed by atoms with Crippen molar-refractivity contribution in [2.45, 2.75) is 0 Å². The summed E-state index contributed by atoms with van der Waals surface area (Å²) in [6.45, 7) is 0. The molecule has 2 heterocycles. The van der Waals surface area contributed by atoms with Gasteiger partial charge in [0.15, 0.2) is 0 Å². The minimum atomic E-state index is 0. The Hall–Kier alpha value is 0.228. The number of aromatic nitrogens is 4. The van der Waals surface area contributed by atoms with Crippen molar-refractivity contribution in [2.24, 2.45) is 0 Å². The van der Waals surface area contributed by atoms with Crippen molar-refractivity contribution in [1.29, 1.82) is 0 Å². The summed E-state index contributed by atoms with van der Waals surface area (Å²) < 4.78 is 0. The van der Waals surface area contributed by atoms with Gasteiger partial charge in [-0.3, -0.25) is 4.98 Å². The van der Waals surface area contributed by atoms with Crippen LogP contribution in [0.1, 0.15) is 0 Å². The molecule has 2 aromatic heterocycles. The maximum Gasteiger partial charge on any atom is 0.216 e. The average molecular weight is 353 g/mol. The van der Waals surface area contributed by atoms with E-state index in [1.54, 1.807) is 0 Å². The SMILES string of the molecule is Nc1nc(N)c2n[c-]n[c-]c2n1.[CH3-].[Y].[Y]. The molecule has 15 heavy (non-hydrogen) atoms. The summed E-state index contributed by atoms with van der Waals surface area (Å²) in [4.78, 5) is 14.8. The summed E-state index contributed by atoms with van der Waals surface area (Å²) in [5, 5.41) is 0. The summed E-state index contributed by atoms with van der Waals surface area (Å²) in [7, 11) is 0. The van der Waals surface area contributed by atoms with Crippen LogP contribution in [0.15, 0.2) is 0 Å². The van der Waals surface area contributed by atoms with Crippen molar-refractivity contribution in [3.05, 3.63) is 20.0 Å². The normalized spacial score (nSPS) is 8.27. The average Bonchev–Trinajstić information content (AvgIpc) is 2.04. The molecule has 2 rings (SSSR count). The van der Waals surface area contributed by atoms with Crippen LogP contribution in [0.5, 0.6) is 0 Å². The molecule has 0 saturated heterocycles. The molecule has 6 nitrogen and oxygen atoms in total. The molecule has 0 saturated carbocycles. The maximum atomic E-state index is 5.50. The molecule has 8 heteroatoms. The predicted molar refractivity (Wildman–Crippen MR) is 48.0 cm³/mol. The van der Waals surface area contributed by atoms with Gasteiger partial charge in [-0.1, -0.05) is 0 Å². The quantitative estimate of drug-likeness (QED) is 0.627. The fourth-order valence-electron chi connectivity index (χ4n) is 0.831. The number of fused-ring (bicyclic) bond motifs is 1. The van der Waals surface area contributed by atoms with Gasteiger partial charge in [0.2, 0.25) is 5.95 Å². The monoisotopic (exact) mass is 353 g/mol. The minimum Gasteiger partial charge on any atom is -0.522 e. The first kappa shape index (κ1) is 17.6. The standard InChI is InChI=1S/C6H4N6.CH3.2Y/c7-5-4-3(1-9-2-10-4)11-6(8)12-5;;;/h(H4,7,8,11,12);1H3;;/q-2;-1;;. The number of nitrogens with zero attached hydrogens (tertiary/aromatic N) is 4. The van der Waals surface area contributed by atoms with Crippen molar-refractivity contribution in [3.8, 4) is 0 Å². The number of rotatable bonds is 0. The Balaban J connectivity index is 0. The molecule has 2 aromatic rings. The van der Waals surface area contributed by atoms with E-state index in [-0.39, 0.29) is 84.6 Å². The molecule has 0 aliphatic rings. The van der Waals surface area contributed by atoms with Gasteiger partial charge in [-0.05, 0) is 0 Å². The van der Waals surface area contributed by atoms with E-state index in [4.69, 9.17) is 11.5 Å². The molecule has 0 amide bonds. The van der Waals surface area contributed by atoms with Gasteiger partial charge in [0.25, 0.3) is 0 Å². The number of nitrogen functional groups attached to an aromatic ring is 2. The van der Waals surface area contributed by atoms with Crippen LogP contribution in [-0.4, -0.2) is 19.9 Å². The first-order valence-electron chi connectivity index (χ1n) is 3.12. The van der Waals surface area contributed by atoms with Crippen LogP contribution in [0, 0.1) is 20.0 Å². The number of nitrogens with two attached hydrogens (primary N) is 2. The van der Waals surface area contributed by atoms with Gasteiger partial charge in [-0.15, -0.1) is 11.0 Å². The zero-order valence-corrected chi connectivity index (χ0v) is 13.8. The number of anilines is 2. The number of hydrogen-bond donors (Lipinski definition) is 2. The maximum absolute atomic E-state index is 5.50. The molecule has 0 aliphatic heterocycles. The Morgan fingerprint density at radius 3 is 2.40 bits per heavy atom. The molecule has 0 spiro atoms. The van der Waals surface area contributed by atoms with Crippen LogP contribution in [0.2, 0.25) is 0 Å². The molecular weight excluding hydrogens is 346 g/mol. The Morgan fingerprint density at radius 1 is 1.07 bits per heavy atom. The third kappa shape index (κ3) is 3.94. The third-order valence-corrected chi connectivity index (χ3v) is 1.30. The van der Waals surface area contributed by atoms with Gasteiger partial charge in [0, 0.05) is 71.2 Å². The molecule has 0 aliphatic carbocycles. The largest absolute Gasteiger partial charge is 0.522 e. The Morgan fingerprint density at radius 2 is 1.73 bits per heavy atom. The molecular formula is C7H7N6Y2-3. The van der Waals surface area contributed by atoms with Crippen molar-refractivity contribution in [3.63, 3.8) is 0 Å². The minimum absolute atomic E-state index is 0. The van der Waals surface area contributed by atoms with Crippen LogP contribution in [0.25, 0.3) is 11.0 Å². The van der Waals surface area contributed by atoms with Crippen LogP contribution < -0.4 is 11.5 Å². The van der Waals surface area contributed by atoms with E-state index >= 15 is 0 Å². The smallest absolute Gasteiger partial charge is 0.216 e. The fraction of sp³-hybridized carbons (Fsp3) is 0. The second-order valence-corrected chi connectivity index (χ2v) is 2.10. The van der Waals surface area contributed by atoms with Gasteiger partial charge in [0.05, 0.1) is 0 Å². The van der Waals surface area contributed by atoms with Crippen molar-refractivity contribution in [2.75, 3.05) is 11.5 Å². The van der Waals surface area contributed by atoms with E-state index in [2.05, 4.69) is 32.5 Å². The second kappa shape index (κ2) is 7.49. The van der Waals surface area contributed by atoms with Gasteiger partial charge < -0.3 is 28.9 Å². The van der Waals surface area contributed by atoms with Gasteiger partial charge >= 0.3 is 0 Å². The zero-order chi connectivity index (χ0) is 8.55. The molecule has 2 radical (unpaired) electrons. The Bertz CT molecular complexity index is 435. The molecule has 4 N–H and O–H groups in total. The van der Waals surface area contributed by atoms with Crippen LogP contribution in [0.3, 0.4) is 0 Å². The van der Waals surface area contributed by atoms with E-state index in [9.17, 15) is 0 Å². The van der Waals surface area contributed by atoms with E-state index in [0.29, 0.717) is 11.0 Å². The van der Waals surface area contributed by atoms with Gasteiger partial charge in [-0.2, -0.15) is 6.33 Å². The predicted octanol–water partition coefficient (Wildman–Crippen LogP) is -0.370. The van der Waals surface area contributed by atoms with Crippen molar-refractivity contribution >= 4 is 22.8 Å². The fourth-order valence-corrected chi connectivity index (χ4v) is 0.831. The summed E-state index contributed by atoms with van der Waals surface area (Å²) in [6.07, 6.45) is 4.89. The topological polar surface area (TPSA) is 104 Å². The Kier molecular flexibility index (Phi) is 8.80. The Labute approximate surface area is 138 Å². The van der Waals surface area contributed by atoms with E-state index in [1.807, 2.05) is 0 Å². The van der Waals surface area contributed by atoms with E-state index < -0.39 is 0 Å². The molecule has 0 atom stereocenters. The van der Waals surface area contributed by atoms with E-state index in [0.717, 1.165) is 0 Å². The molecule has 74 valence electrons. The van der Waals surface area contributed by atoms with Gasteiger partial charge in [-0.25, -0.2) is 11.2 Å². The second-order valence-electron chi connectivity index (χ2n) is 2.10. The van der Waals surface area contributed by atoms with Crippen molar-refractivity contribution in [1.82, 2.24) is 19.9 Å². The van der Waals surface area contributed by atoms with Crippen LogP contribution in [0.4, 0.5) is 11.8 Å². The van der Waals surface area contributed by atoms with Crippen LogP contribution in [-0.2, 0) is 65.4 Å². The summed E-state index contributed by atoms with van der Waals surface area (Å²) in [6, 6.07) is 0. The van der Waals surface area contributed by atoms with Crippen LogP contribution >= 0.6 is 0 Å². The summed E-state index contributed by atoms with van der Waals surface area (Å²) in [5.41, 5.74) is 11.6. The van der Waals surface area contributed by atoms with Crippen molar-refractivity contribution < 1.29 is 65.4 Å². The van der Waals surface area contributed by atoms with Gasteiger partial charge in [0.1, 0.15) is 0 Å². The zero-order valence-electron chi connectivity index (χ0n) is 8.10. The van der Waals surface area contributed by atoms with E-state index in [1.165, 1.54) is 0 Å². The first-order valence-corrected chi connectivity index (χ1v) is 3.12. The molecule has 0 bridgehead atoms. The third-order valence-electron chi connectivity index (χ3n) is 1.30. The molecule has 0 fully saturated rings. The number of hydrogen-bond acceptors (Lipinski definition) is 6. The summed E-state index contributed by atoms with van der Waals surface area (Å²) in [5.74, 6) is 0.304. The first-order chi connectivity index (χ1) is 5.77. The summed E-state index contributed by atoms with van der Waals surface area (Å²) >= 11 is 0. The molecule has 0 aromatic carbocycles. The molecule has 0 unspecified atom stereocenters.